The molecule has 0 fully saturated rings. The van der Waals surface area contributed by atoms with Gasteiger partial charge in [0.15, 0.2) is 0 Å². The average Bonchev–Trinajstić information content (AvgIpc) is 1.57. The summed E-state index contributed by atoms with van der Waals surface area (Å²) in [4.78, 5) is 4.84. The van der Waals surface area contributed by atoms with Gasteiger partial charge in [-0.05, 0) is 220 Å². The Morgan fingerprint density at radius 1 is 0.227 bits per heavy atom. The van der Waals surface area contributed by atoms with Gasteiger partial charge in [0.05, 0.1) is 11.0 Å². The molecule has 15 aromatic carbocycles. The molecule has 0 saturated carbocycles. The van der Waals surface area contributed by atoms with Crippen molar-refractivity contribution in [3.8, 4) is 83.6 Å². The average molecular weight is 1240 g/mol. The predicted octanol–water partition coefficient (Wildman–Crippen LogP) is 25.8. The molecule has 18 rings (SSSR count). The quantitative estimate of drug-likeness (QED) is 0.121. The van der Waals surface area contributed by atoms with E-state index >= 15 is 0 Å². The standard InChI is InChI=1S/C94H69N3/c1-93(2)86-29-13-10-26-81(86)82-55-53-78(60-88(82)93)96(79-54-56-85-89(61-79)94(3,4)87-57-42-68-20-8-9-25-80(68)92(85)87)76-49-40-67(41-50-76)70-22-17-24-72(59-70)71-23-16-21-69(58-71)66-38-47-75(48-39-66)95(73-43-32-63(33-44-73)62-18-6-5-7-19-62)74-45-34-64(35-46-74)65-36-51-77(52-37-65)97-90-30-14-11-27-83(90)84-28-12-15-31-91(84)97/h5-61H,1-4H3. The molecule has 0 aliphatic heterocycles. The minimum absolute atomic E-state index is 0.142. The van der Waals surface area contributed by atoms with Gasteiger partial charge in [0.2, 0.25) is 0 Å². The van der Waals surface area contributed by atoms with Crippen molar-refractivity contribution in [2.24, 2.45) is 0 Å². The van der Waals surface area contributed by atoms with Crippen molar-refractivity contribution in [2.75, 3.05) is 9.80 Å². The van der Waals surface area contributed by atoms with Crippen molar-refractivity contribution in [1.82, 2.24) is 4.57 Å². The van der Waals surface area contributed by atoms with Gasteiger partial charge in [-0.2, -0.15) is 0 Å². The highest BCUT2D eigenvalue weighted by Crippen LogP contribution is 2.55. The summed E-state index contributed by atoms with van der Waals surface area (Å²) in [5.41, 5.74) is 32.4. The van der Waals surface area contributed by atoms with Crippen LogP contribution in [0.15, 0.2) is 346 Å². The lowest BCUT2D eigenvalue weighted by Crippen LogP contribution is -2.18. The first-order valence-corrected chi connectivity index (χ1v) is 33.9. The molecule has 16 aromatic rings. The van der Waals surface area contributed by atoms with Gasteiger partial charge in [0.1, 0.15) is 0 Å². The molecule has 2 aliphatic rings. The van der Waals surface area contributed by atoms with Gasteiger partial charge in [-0.15, -0.1) is 0 Å². The summed E-state index contributed by atoms with van der Waals surface area (Å²) in [6.07, 6.45) is 0. The third kappa shape index (κ3) is 9.71. The van der Waals surface area contributed by atoms with E-state index in [1.54, 1.807) is 0 Å². The SMILES string of the molecule is CC1(C)c2ccccc2-c2ccc(N(c3ccc(-c4cccc(-c5cccc(-c6ccc(N(c7ccc(-c8ccccc8)cc7)c7ccc(-c8ccc(-n9c%10ccccc%10c%10ccccc%109)cc8)cc7)cc6)c5)c4)cc3)c3ccc4c(c3)C(C)(C)c3ccc5ccccc5c3-4)cc21. The molecule has 97 heavy (non-hydrogen) atoms. The summed E-state index contributed by atoms with van der Waals surface area (Å²) in [5, 5.41) is 5.12. The Balaban J connectivity index is 0.641. The zero-order valence-electron chi connectivity index (χ0n) is 54.8. The van der Waals surface area contributed by atoms with E-state index in [-0.39, 0.29) is 10.8 Å². The van der Waals surface area contributed by atoms with Gasteiger partial charge in [-0.25, -0.2) is 0 Å². The molecule has 2 aliphatic carbocycles. The summed E-state index contributed by atoms with van der Waals surface area (Å²) in [7, 11) is 0. The molecule has 0 bridgehead atoms. The second-order valence-electron chi connectivity index (χ2n) is 27.3. The fraction of sp³-hybridized carbons (Fsp3) is 0.0638. The fourth-order valence-corrected chi connectivity index (χ4v) is 16.0. The number of fused-ring (bicyclic) bond motifs is 11. The van der Waals surface area contributed by atoms with Crippen LogP contribution in [0.2, 0.25) is 0 Å². The van der Waals surface area contributed by atoms with Crippen molar-refractivity contribution >= 4 is 66.7 Å². The van der Waals surface area contributed by atoms with Crippen LogP contribution in [0, 0.1) is 0 Å². The van der Waals surface area contributed by atoms with Crippen LogP contribution in [-0.4, -0.2) is 4.57 Å². The van der Waals surface area contributed by atoms with E-state index in [2.05, 4.69) is 388 Å². The van der Waals surface area contributed by atoms with E-state index in [1.807, 2.05) is 0 Å². The fourth-order valence-electron chi connectivity index (χ4n) is 16.0. The van der Waals surface area contributed by atoms with Crippen molar-refractivity contribution in [3.05, 3.63) is 368 Å². The topological polar surface area (TPSA) is 11.4 Å². The Hall–Kier alpha value is -12.0. The summed E-state index contributed by atoms with van der Waals surface area (Å²) in [5.74, 6) is 0. The largest absolute Gasteiger partial charge is 0.311 e. The maximum atomic E-state index is 2.47. The van der Waals surface area contributed by atoms with E-state index in [1.165, 1.54) is 116 Å². The lowest BCUT2D eigenvalue weighted by Gasteiger charge is -2.30. The Morgan fingerprint density at radius 3 is 1.12 bits per heavy atom. The van der Waals surface area contributed by atoms with Crippen LogP contribution >= 0.6 is 0 Å². The van der Waals surface area contributed by atoms with Crippen LogP contribution < -0.4 is 9.80 Å². The number of anilines is 6. The van der Waals surface area contributed by atoms with Gasteiger partial charge < -0.3 is 14.4 Å². The van der Waals surface area contributed by atoms with Crippen molar-refractivity contribution in [1.29, 1.82) is 0 Å². The van der Waals surface area contributed by atoms with Gasteiger partial charge >= 0.3 is 0 Å². The Labute approximate surface area is 567 Å². The van der Waals surface area contributed by atoms with Crippen LogP contribution in [0.4, 0.5) is 34.1 Å². The van der Waals surface area contributed by atoms with E-state index < -0.39 is 0 Å². The Morgan fingerprint density at radius 2 is 0.588 bits per heavy atom. The normalized spacial score (nSPS) is 13.1. The van der Waals surface area contributed by atoms with Crippen LogP contribution in [0.3, 0.4) is 0 Å². The summed E-state index contributed by atoms with van der Waals surface area (Å²) in [6, 6.07) is 128. The third-order valence-electron chi connectivity index (χ3n) is 21.0. The zero-order valence-corrected chi connectivity index (χ0v) is 54.8. The molecule has 0 saturated heterocycles. The molecule has 0 spiro atoms. The van der Waals surface area contributed by atoms with Crippen molar-refractivity contribution in [3.63, 3.8) is 0 Å². The lowest BCUT2D eigenvalue weighted by molar-refractivity contribution is 0.660. The number of nitrogens with zero attached hydrogens (tertiary/aromatic N) is 3. The minimum Gasteiger partial charge on any atom is -0.311 e. The van der Waals surface area contributed by atoms with Crippen molar-refractivity contribution < 1.29 is 0 Å². The summed E-state index contributed by atoms with van der Waals surface area (Å²) >= 11 is 0. The molecular formula is C94H69N3. The van der Waals surface area contributed by atoms with E-state index in [0.29, 0.717) is 0 Å². The Kier molecular flexibility index (Phi) is 13.6. The zero-order chi connectivity index (χ0) is 64.9. The maximum absolute atomic E-state index is 2.47. The summed E-state index contributed by atoms with van der Waals surface area (Å²) in [6.45, 7) is 9.53. The molecular weight excluding hydrogens is 1170 g/mol. The van der Waals surface area contributed by atoms with E-state index in [4.69, 9.17) is 0 Å². The molecule has 0 amide bonds. The predicted molar refractivity (Wildman–Crippen MR) is 410 cm³/mol. The van der Waals surface area contributed by atoms with Gasteiger partial charge in [0, 0.05) is 61.4 Å². The van der Waals surface area contributed by atoms with Crippen LogP contribution in [0.5, 0.6) is 0 Å². The van der Waals surface area contributed by atoms with Gasteiger partial charge in [-0.3, -0.25) is 0 Å². The second-order valence-corrected chi connectivity index (χ2v) is 27.3. The smallest absolute Gasteiger partial charge is 0.0541 e. The highest BCUT2D eigenvalue weighted by atomic mass is 15.1. The monoisotopic (exact) mass is 1240 g/mol. The third-order valence-corrected chi connectivity index (χ3v) is 21.0. The first kappa shape index (κ1) is 57.6. The second kappa shape index (κ2) is 22.9. The highest BCUT2D eigenvalue weighted by Gasteiger charge is 2.39. The first-order valence-electron chi connectivity index (χ1n) is 33.9. The van der Waals surface area contributed by atoms with Crippen LogP contribution in [0.1, 0.15) is 49.9 Å². The number of para-hydroxylation sites is 2. The molecule has 3 nitrogen and oxygen atoms in total. The first-order chi connectivity index (χ1) is 47.6. The molecule has 3 heteroatoms. The molecule has 0 atom stereocenters. The Bertz CT molecular complexity index is 5660. The number of benzene rings is 15. The van der Waals surface area contributed by atoms with Crippen LogP contribution in [0.25, 0.3) is 116 Å². The molecule has 0 radical (unpaired) electrons. The van der Waals surface area contributed by atoms with E-state index in [9.17, 15) is 0 Å². The van der Waals surface area contributed by atoms with Crippen molar-refractivity contribution in [2.45, 2.75) is 38.5 Å². The molecule has 0 unspecified atom stereocenters. The molecule has 1 aromatic heterocycles. The van der Waals surface area contributed by atoms with E-state index in [0.717, 1.165) is 56.5 Å². The summed E-state index contributed by atoms with van der Waals surface area (Å²) < 4.78 is 2.37. The minimum atomic E-state index is -0.181. The molecule has 1 heterocycles. The molecule has 460 valence electrons. The highest BCUT2D eigenvalue weighted by molar-refractivity contribution is 6.09. The number of rotatable bonds is 12. The van der Waals surface area contributed by atoms with Gasteiger partial charge in [0.25, 0.3) is 0 Å². The number of hydrogen-bond acceptors (Lipinski definition) is 2. The number of hydrogen-bond donors (Lipinski definition) is 0. The van der Waals surface area contributed by atoms with Crippen LogP contribution in [-0.2, 0) is 10.8 Å². The van der Waals surface area contributed by atoms with Gasteiger partial charge in [-0.1, -0.05) is 264 Å². The maximum Gasteiger partial charge on any atom is 0.0541 e. The lowest BCUT2D eigenvalue weighted by atomic mass is 9.81. The molecule has 0 N–H and O–H groups in total. The number of aromatic nitrogens is 1.